The Balaban J connectivity index is 1.55. The number of rotatable bonds is 6. The molecule has 1 aliphatic heterocycles. The number of amides is 3. The molecule has 2 aromatic rings. The first-order valence-corrected chi connectivity index (χ1v) is 9.57. The van der Waals surface area contributed by atoms with Gasteiger partial charge in [-0.15, -0.1) is 0 Å². The summed E-state index contributed by atoms with van der Waals surface area (Å²) in [6, 6.07) is 14.5. The molecule has 1 atom stereocenters. The number of carbonyl (C=O) groups is 3. The van der Waals surface area contributed by atoms with E-state index in [-0.39, 0.29) is 23.4 Å². The van der Waals surface area contributed by atoms with Gasteiger partial charge in [-0.2, -0.15) is 4.99 Å². The lowest BCUT2D eigenvalue weighted by Gasteiger charge is -2.10. The summed E-state index contributed by atoms with van der Waals surface area (Å²) >= 11 is 1.08. The van der Waals surface area contributed by atoms with Crippen molar-refractivity contribution in [3.8, 4) is 0 Å². The molecule has 0 bridgehead atoms. The lowest BCUT2D eigenvalue weighted by Crippen LogP contribution is -2.24. The molecule has 144 valence electrons. The van der Waals surface area contributed by atoms with E-state index in [1.165, 1.54) is 0 Å². The predicted octanol–water partition coefficient (Wildman–Crippen LogP) is 2.21. The Morgan fingerprint density at radius 2 is 1.93 bits per heavy atom. The van der Waals surface area contributed by atoms with Crippen LogP contribution in [0.2, 0.25) is 0 Å². The fourth-order valence-corrected chi connectivity index (χ4v) is 3.46. The maximum Gasteiger partial charge on any atom is 0.262 e. The van der Waals surface area contributed by atoms with E-state index in [0.29, 0.717) is 17.8 Å². The van der Waals surface area contributed by atoms with E-state index in [9.17, 15) is 14.4 Å². The van der Waals surface area contributed by atoms with Crippen molar-refractivity contribution >= 4 is 40.3 Å². The zero-order valence-corrected chi connectivity index (χ0v) is 16.1. The minimum atomic E-state index is -0.596. The molecular weight excluding hydrogens is 376 g/mol. The lowest BCUT2D eigenvalue weighted by molar-refractivity contribution is -0.121. The number of nitrogens with one attached hydrogen (secondary N) is 2. The highest BCUT2D eigenvalue weighted by atomic mass is 32.2. The van der Waals surface area contributed by atoms with E-state index >= 15 is 0 Å². The maximum atomic E-state index is 12.4. The van der Waals surface area contributed by atoms with Gasteiger partial charge in [-0.05, 0) is 30.7 Å². The number of carbonyl (C=O) groups excluding carboxylic acids is 3. The largest absolute Gasteiger partial charge is 0.378 e. The summed E-state index contributed by atoms with van der Waals surface area (Å²) in [6.45, 7) is 2.42. The second-order valence-corrected chi connectivity index (χ2v) is 7.62. The van der Waals surface area contributed by atoms with Crippen LogP contribution in [-0.4, -0.2) is 28.1 Å². The molecule has 7 nitrogen and oxygen atoms in total. The van der Waals surface area contributed by atoms with Crippen LogP contribution in [0.1, 0.15) is 27.9 Å². The Morgan fingerprint density at radius 3 is 2.61 bits per heavy atom. The molecule has 3 rings (SSSR count). The third kappa shape index (κ3) is 5.20. The number of nitrogens with two attached hydrogens (primary N) is 1. The molecule has 0 spiro atoms. The van der Waals surface area contributed by atoms with Crippen LogP contribution in [0.3, 0.4) is 0 Å². The predicted molar refractivity (Wildman–Crippen MR) is 110 cm³/mol. The molecule has 1 aliphatic rings. The second-order valence-electron chi connectivity index (χ2n) is 6.40. The minimum absolute atomic E-state index is 0.0302. The normalized spacial score (nSPS) is 15.8. The van der Waals surface area contributed by atoms with Crippen molar-refractivity contribution in [3.63, 3.8) is 0 Å². The van der Waals surface area contributed by atoms with Crippen molar-refractivity contribution in [3.05, 3.63) is 65.2 Å². The summed E-state index contributed by atoms with van der Waals surface area (Å²) < 4.78 is 0. The fourth-order valence-electron chi connectivity index (χ4n) is 2.64. The van der Waals surface area contributed by atoms with Gasteiger partial charge in [-0.25, -0.2) is 0 Å². The van der Waals surface area contributed by atoms with Gasteiger partial charge in [-0.1, -0.05) is 47.7 Å². The Bertz CT molecular complexity index is 941. The molecule has 2 aromatic carbocycles. The van der Waals surface area contributed by atoms with Gasteiger partial charge in [-0.3, -0.25) is 14.4 Å². The fraction of sp³-hybridized carbons (Fsp3) is 0.200. The summed E-state index contributed by atoms with van der Waals surface area (Å²) in [5.74, 6) is -0.978. The molecule has 0 unspecified atom stereocenters. The molecule has 0 saturated heterocycles. The van der Waals surface area contributed by atoms with Gasteiger partial charge in [0.15, 0.2) is 5.17 Å². The second kappa shape index (κ2) is 8.71. The van der Waals surface area contributed by atoms with Gasteiger partial charge < -0.3 is 16.4 Å². The number of nitrogens with zero attached hydrogens (tertiary/aromatic N) is 1. The average Bonchev–Trinajstić information content (AvgIpc) is 2.98. The minimum Gasteiger partial charge on any atom is -0.378 e. The third-order valence-electron chi connectivity index (χ3n) is 4.11. The van der Waals surface area contributed by atoms with Gasteiger partial charge in [0, 0.05) is 24.2 Å². The van der Waals surface area contributed by atoms with Crippen LogP contribution in [0.4, 0.5) is 5.69 Å². The number of hydrogen-bond donors (Lipinski definition) is 3. The molecule has 28 heavy (non-hydrogen) atoms. The smallest absolute Gasteiger partial charge is 0.262 e. The Kier molecular flexibility index (Phi) is 6.10. The van der Waals surface area contributed by atoms with Crippen molar-refractivity contribution in [2.75, 3.05) is 5.32 Å². The van der Waals surface area contributed by atoms with E-state index in [0.717, 1.165) is 22.9 Å². The summed E-state index contributed by atoms with van der Waals surface area (Å²) in [4.78, 5) is 39.8. The molecule has 3 amide bonds. The SMILES string of the molecule is Cc1ccc(CNC(=O)c2cccc(NC(=O)C[C@H]3SC(N)=NC3=O)c2)cc1. The molecule has 0 radical (unpaired) electrons. The first-order valence-electron chi connectivity index (χ1n) is 8.69. The average molecular weight is 396 g/mol. The van der Waals surface area contributed by atoms with Crippen LogP contribution in [0.25, 0.3) is 0 Å². The number of aliphatic imine (C=N–C) groups is 1. The Labute approximate surface area is 166 Å². The van der Waals surface area contributed by atoms with E-state index in [4.69, 9.17) is 5.73 Å². The number of benzene rings is 2. The highest BCUT2D eigenvalue weighted by molar-refractivity contribution is 8.15. The van der Waals surface area contributed by atoms with Crippen LogP contribution in [0, 0.1) is 6.92 Å². The zero-order valence-electron chi connectivity index (χ0n) is 15.3. The molecular formula is C20H20N4O3S. The van der Waals surface area contributed by atoms with Crippen LogP contribution < -0.4 is 16.4 Å². The number of amidine groups is 1. The molecule has 0 fully saturated rings. The quantitative estimate of drug-likeness (QED) is 0.693. The topological polar surface area (TPSA) is 114 Å². The van der Waals surface area contributed by atoms with Gasteiger partial charge in [0.05, 0.1) is 0 Å². The first kappa shape index (κ1) is 19.6. The zero-order chi connectivity index (χ0) is 20.1. The molecule has 4 N–H and O–H groups in total. The molecule has 0 aromatic heterocycles. The van der Waals surface area contributed by atoms with Gasteiger partial charge in [0.1, 0.15) is 5.25 Å². The van der Waals surface area contributed by atoms with Crippen LogP contribution in [-0.2, 0) is 16.1 Å². The number of aryl methyl sites for hydroxylation is 1. The van der Waals surface area contributed by atoms with Gasteiger partial charge in [0.25, 0.3) is 11.8 Å². The monoisotopic (exact) mass is 396 g/mol. The van der Waals surface area contributed by atoms with Crippen molar-refractivity contribution in [2.24, 2.45) is 10.7 Å². The molecule has 8 heteroatoms. The van der Waals surface area contributed by atoms with Crippen LogP contribution in [0.5, 0.6) is 0 Å². The summed E-state index contributed by atoms with van der Waals surface area (Å²) in [7, 11) is 0. The third-order valence-corrected chi connectivity index (χ3v) is 5.10. The van der Waals surface area contributed by atoms with Crippen LogP contribution in [0.15, 0.2) is 53.5 Å². The first-order chi connectivity index (χ1) is 13.4. The van der Waals surface area contributed by atoms with Crippen molar-refractivity contribution < 1.29 is 14.4 Å². The lowest BCUT2D eigenvalue weighted by atomic mass is 10.1. The van der Waals surface area contributed by atoms with Crippen LogP contribution >= 0.6 is 11.8 Å². The highest BCUT2D eigenvalue weighted by Gasteiger charge is 2.29. The van der Waals surface area contributed by atoms with E-state index in [2.05, 4.69) is 15.6 Å². The molecule has 1 heterocycles. The van der Waals surface area contributed by atoms with Crippen molar-refractivity contribution in [1.29, 1.82) is 0 Å². The van der Waals surface area contributed by atoms with Crippen molar-refractivity contribution in [2.45, 2.75) is 25.1 Å². The van der Waals surface area contributed by atoms with Crippen molar-refractivity contribution in [1.82, 2.24) is 5.32 Å². The van der Waals surface area contributed by atoms with E-state index in [1.54, 1.807) is 24.3 Å². The maximum absolute atomic E-state index is 12.4. The Morgan fingerprint density at radius 1 is 1.18 bits per heavy atom. The summed E-state index contributed by atoms with van der Waals surface area (Å²) in [6.07, 6.45) is -0.0302. The summed E-state index contributed by atoms with van der Waals surface area (Å²) in [5.41, 5.74) is 8.57. The Hall–Kier alpha value is -3.13. The standard InChI is InChI=1S/C20H20N4O3S/c1-12-5-7-13(8-6-12)11-22-18(26)14-3-2-4-15(9-14)23-17(25)10-16-19(27)24-20(21)28-16/h2-9,16H,10-11H2,1H3,(H,22,26)(H,23,25)(H2,21,24,27)/t16-/m1/s1. The molecule has 0 aliphatic carbocycles. The van der Waals surface area contributed by atoms with Gasteiger partial charge in [0.2, 0.25) is 5.91 Å². The number of hydrogen-bond acceptors (Lipinski definition) is 5. The number of thioether (sulfide) groups is 1. The van der Waals surface area contributed by atoms with E-state index in [1.807, 2.05) is 31.2 Å². The van der Waals surface area contributed by atoms with E-state index < -0.39 is 11.2 Å². The summed E-state index contributed by atoms with van der Waals surface area (Å²) in [5, 5.41) is 5.14. The highest BCUT2D eigenvalue weighted by Crippen LogP contribution is 2.23. The molecule has 0 saturated carbocycles. The number of anilines is 1. The van der Waals surface area contributed by atoms with Gasteiger partial charge >= 0.3 is 0 Å².